The third kappa shape index (κ3) is 3.31. The van der Waals surface area contributed by atoms with E-state index in [9.17, 15) is 9.18 Å². The molecule has 0 unspecified atom stereocenters. The number of carbonyl (C=O) groups excluding carboxylic acids is 1. The Morgan fingerprint density at radius 1 is 1.32 bits per heavy atom. The van der Waals surface area contributed by atoms with Gasteiger partial charge in [0.15, 0.2) is 0 Å². The average Bonchev–Trinajstić information content (AvgIpc) is 3.08. The molecule has 1 aromatic rings. The second kappa shape index (κ2) is 6.75. The molecule has 5 heteroatoms. The van der Waals surface area contributed by atoms with Gasteiger partial charge in [-0.3, -0.25) is 9.69 Å². The van der Waals surface area contributed by atoms with E-state index in [4.69, 9.17) is 4.74 Å². The van der Waals surface area contributed by atoms with Crippen LogP contribution < -0.4 is 0 Å². The summed E-state index contributed by atoms with van der Waals surface area (Å²) in [6.45, 7) is 6.51. The van der Waals surface area contributed by atoms with E-state index in [0.717, 1.165) is 38.2 Å². The van der Waals surface area contributed by atoms with Crippen LogP contribution in [0.2, 0.25) is 0 Å². The summed E-state index contributed by atoms with van der Waals surface area (Å²) < 4.78 is 18.7. The lowest BCUT2D eigenvalue weighted by molar-refractivity contribution is -0.137. The van der Waals surface area contributed by atoms with Gasteiger partial charge < -0.3 is 9.64 Å². The molecule has 0 aliphatic carbocycles. The number of rotatable bonds is 3. The van der Waals surface area contributed by atoms with E-state index >= 15 is 0 Å². The van der Waals surface area contributed by atoms with Crippen molar-refractivity contribution in [1.82, 2.24) is 9.80 Å². The maximum absolute atomic E-state index is 13.4. The van der Waals surface area contributed by atoms with Crippen LogP contribution in [0.15, 0.2) is 24.3 Å². The summed E-state index contributed by atoms with van der Waals surface area (Å²) in [6, 6.07) is 6.94. The second-order valence-electron chi connectivity index (χ2n) is 6.15. The quantitative estimate of drug-likeness (QED) is 0.857. The highest BCUT2D eigenvalue weighted by Gasteiger charge is 2.31. The average molecular weight is 306 g/mol. The van der Waals surface area contributed by atoms with Crippen LogP contribution >= 0.6 is 0 Å². The fourth-order valence-electron chi connectivity index (χ4n) is 3.29. The van der Waals surface area contributed by atoms with E-state index in [1.807, 2.05) is 11.0 Å². The molecule has 2 aliphatic heterocycles. The van der Waals surface area contributed by atoms with Gasteiger partial charge in [-0.25, -0.2) is 4.39 Å². The van der Waals surface area contributed by atoms with Crippen molar-refractivity contribution in [2.75, 3.05) is 39.4 Å². The van der Waals surface area contributed by atoms with Gasteiger partial charge >= 0.3 is 0 Å². The van der Waals surface area contributed by atoms with Crippen molar-refractivity contribution in [3.8, 4) is 0 Å². The van der Waals surface area contributed by atoms with Gasteiger partial charge in [-0.1, -0.05) is 12.1 Å². The van der Waals surface area contributed by atoms with E-state index < -0.39 is 0 Å². The number of carbonyl (C=O) groups is 1. The first-order valence-corrected chi connectivity index (χ1v) is 8.01. The summed E-state index contributed by atoms with van der Waals surface area (Å²) >= 11 is 0. The number of hydrogen-bond donors (Lipinski definition) is 0. The SMILES string of the molecule is C[C@@H](c1cccc(F)c1)N1CCN(C(=O)[C@H]2CCOC2)CC1. The monoisotopic (exact) mass is 306 g/mol. The largest absolute Gasteiger partial charge is 0.381 e. The van der Waals surface area contributed by atoms with Gasteiger partial charge in [0.05, 0.1) is 12.5 Å². The minimum Gasteiger partial charge on any atom is -0.381 e. The molecule has 0 bridgehead atoms. The van der Waals surface area contributed by atoms with Crippen molar-refractivity contribution in [1.29, 1.82) is 0 Å². The Morgan fingerprint density at radius 3 is 2.73 bits per heavy atom. The maximum Gasteiger partial charge on any atom is 0.228 e. The van der Waals surface area contributed by atoms with E-state index in [2.05, 4.69) is 11.8 Å². The normalized spacial score (nSPS) is 24.5. The van der Waals surface area contributed by atoms with Gasteiger partial charge in [0.2, 0.25) is 5.91 Å². The zero-order valence-corrected chi connectivity index (χ0v) is 13.0. The third-order valence-corrected chi connectivity index (χ3v) is 4.78. The maximum atomic E-state index is 13.4. The van der Waals surface area contributed by atoms with Crippen LogP contribution in [0, 0.1) is 11.7 Å². The highest BCUT2D eigenvalue weighted by atomic mass is 19.1. The Kier molecular flexibility index (Phi) is 4.74. The molecule has 120 valence electrons. The van der Waals surface area contributed by atoms with Crippen LogP contribution in [0.4, 0.5) is 4.39 Å². The molecule has 4 nitrogen and oxygen atoms in total. The predicted octanol–water partition coefficient (Wildman–Crippen LogP) is 2.07. The topological polar surface area (TPSA) is 32.8 Å². The molecular weight excluding hydrogens is 283 g/mol. The summed E-state index contributed by atoms with van der Waals surface area (Å²) in [6.07, 6.45) is 0.846. The smallest absolute Gasteiger partial charge is 0.228 e. The minimum absolute atomic E-state index is 0.0483. The lowest BCUT2D eigenvalue weighted by atomic mass is 10.0. The lowest BCUT2D eigenvalue weighted by Crippen LogP contribution is -2.50. The first-order chi connectivity index (χ1) is 10.6. The van der Waals surface area contributed by atoms with Gasteiger partial charge in [0.1, 0.15) is 5.82 Å². The number of benzene rings is 1. The van der Waals surface area contributed by atoms with Gasteiger partial charge in [-0.15, -0.1) is 0 Å². The van der Waals surface area contributed by atoms with Gasteiger partial charge in [-0.2, -0.15) is 0 Å². The number of nitrogens with zero attached hydrogens (tertiary/aromatic N) is 2. The van der Waals surface area contributed by atoms with Crippen molar-refractivity contribution < 1.29 is 13.9 Å². The number of halogens is 1. The number of amides is 1. The van der Waals surface area contributed by atoms with Crippen LogP contribution in [0.25, 0.3) is 0 Å². The molecule has 0 spiro atoms. The number of piperazine rings is 1. The Hall–Kier alpha value is -1.46. The Balaban J connectivity index is 1.56. The van der Waals surface area contributed by atoms with Gasteiger partial charge in [0, 0.05) is 38.8 Å². The van der Waals surface area contributed by atoms with Crippen LogP contribution in [-0.2, 0) is 9.53 Å². The van der Waals surface area contributed by atoms with Crippen LogP contribution in [0.5, 0.6) is 0 Å². The van der Waals surface area contributed by atoms with Crippen molar-refractivity contribution in [2.24, 2.45) is 5.92 Å². The highest BCUT2D eigenvalue weighted by Crippen LogP contribution is 2.23. The van der Waals surface area contributed by atoms with Crippen molar-refractivity contribution in [3.05, 3.63) is 35.6 Å². The number of hydrogen-bond acceptors (Lipinski definition) is 3. The lowest BCUT2D eigenvalue weighted by Gasteiger charge is -2.39. The molecule has 3 rings (SSSR count). The van der Waals surface area contributed by atoms with Gasteiger partial charge in [0.25, 0.3) is 0 Å². The summed E-state index contributed by atoms with van der Waals surface area (Å²) in [5.74, 6) is 0.0853. The molecule has 0 saturated carbocycles. The minimum atomic E-state index is -0.195. The van der Waals surface area contributed by atoms with E-state index in [1.165, 1.54) is 6.07 Å². The van der Waals surface area contributed by atoms with E-state index in [0.29, 0.717) is 13.2 Å². The third-order valence-electron chi connectivity index (χ3n) is 4.78. The van der Waals surface area contributed by atoms with E-state index in [-0.39, 0.29) is 23.7 Å². The first kappa shape index (κ1) is 15.4. The second-order valence-corrected chi connectivity index (χ2v) is 6.15. The summed E-state index contributed by atoms with van der Waals surface area (Å²) in [5.41, 5.74) is 0.990. The molecular formula is C17H23FN2O2. The number of ether oxygens (including phenoxy) is 1. The zero-order chi connectivity index (χ0) is 15.5. The molecule has 2 saturated heterocycles. The predicted molar refractivity (Wildman–Crippen MR) is 81.9 cm³/mol. The molecule has 0 aromatic heterocycles. The Morgan fingerprint density at radius 2 is 2.09 bits per heavy atom. The molecule has 2 heterocycles. The molecule has 22 heavy (non-hydrogen) atoms. The van der Waals surface area contributed by atoms with Crippen molar-refractivity contribution in [3.63, 3.8) is 0 Å². The molecule has 0 N–H and O–H groups in total. The molecule has 1 aromatic carbocycles. The van der Waals surface area contributed by atoms with Crippen molar-refractivity contribution >= 4 is 5.91 Å². The Bertz CT molecular complexity index is 523. The standard InChI is InChI=1S/C17H23FN2O2/c1-13(14-3-2-4-16(18)11-14)19-6-8-20(9-7-19)17(21)15-5-10-22-12-15/h2-4,11,13,15H,5-10,12H2,1H3/t13-,15-/m0/s1. The van der Waals surface area contributed by atoms with Gasteiger partial charge in [-0.05, 0) is 31.0 Å². The first-order valence-electron chi connectivity index (χ1n) is 8.01. The van der Waals surface area contributed by atoms with E-state index in [1.54, 1.807) is 12.1 Å². The highest BCUT2D eigenvalue weighted by molar-refractivity contribution is 5.79. The fraction of sp³-hybridized carbons (Fsp3) is 0.588. The molecule has 0 radical (unpaired) electrons. The van der Waals surface area contributed by atoms with Crippen molar-refractivity contribution in [2.45, 2.75) is 19.4 Å². The van der Waals surface area contributed by atoms with Crippen LogP contribution in [0.3, 0.4) is 0 Å². The summed E-state index contributed by atoms with van der Waals surface area (Å²) in [7, 11) is 0. The fourth-order valence-corrected chi connectivity index (χ4v) is 3.29. The molecule has 1 amide bonds. The van der Waals surface area contributed by atoms with Crippen LogP contribution in [0.1, 0.15) is 24.9 Å². The summed E-state index contributed by atoms with van der Waals surface area (Å²) in [5, 5.41) is 0. The zero-order valence-electron chi connectivity index (χ0n) is 13.0. The molecule has 2 fully saturated rings. The Labute approximate surface area is 130 Å². The molecule has 2 atom stereocenters. The molecule has 2 aliphatic rings. The van der Waals surface area contributed by atoms with Crippen LogP contribution in [-0.4, -0.2) is 55.1 Å². The summed E-state index contributed by atoms with van der Waals surface area (Å²) in [4.78, 5) is 16.6.